The minimum Gasteiger partial charge on any atom is -0.351 e. The van der Waals surface area contributed by atoms with Crippen LogP contribution in [-0.2, 0) is 5.66 Å². The Labute approximate surface area is 93.5 Å². The molecule has 8 heteroatoms. The van der Waals surface area contributed by atoms with Gasteiger partial charge in [-0.1, -0.05) is 12.1 Å². The van der Waals surface area contributed by atoms with Crippen LogP contribution in [0.4, 0.5) is 23.7 Å². The Morgan fingerprint density at radius 3 is 2.47 bits per heavy atom. The van der Waals surface area contributed by atoms with Crippen molar-refractivity contribution in [2.24, 2.45) is 16.0 Å². The third kappa shape index (κ3) is 1.93. The molecule has 0 saturated heterocycles. The number of carbonyl (C=O) groups excluding carboxylic acids is 1. The van der Waals surface area contributed by atoms with Crippen molar-refractivity contribution in [3.8, 4) is 0 Å². The van der Waals surface area contributed by atoms with Crippen LogP contribution in [0.3, 0.4) is 0 Å². The number of primary amides is 1. The van der Waals surface area contributed by atoms with E-state index in [9.17, 15) is 18.0 Å². The van der Waals surface area contributed by atoms with E-state index in [1.54, 1.807) is 0 Å². The number of nitrogens with zero attached hydrogens (tertiary/aromatic N) is 2. The molecule has 1 heterocycles. The van der Waals surface area contributed by atoms with E-state index in [2.05, 4.69) is 15.5 Å². The molecule has 1 aromatic rings. The van der Waals surface area contributed by atoms with E-state index in [0.717, 1.165) is 6.07 Å². The molecule has 3 N–H and O–H groups in total. The normalized spacial score (nSPS) is 16.6. The number of halogens is 3. The van der Waals surface area contributed by atoms with Crippen LogP contribution in [0.1, 0.15) is 5.56 Å². The van der Waals surface area contributed by atoms with Gasteiger partial charge in [0.05, 0.1) is 0 Å². The van der Waals surface area contributed by atoms with Gasteiger partial charge in [-0.05, 0) is 12.1 Å². The Kier molecular flexibility index (Phi) is 2.30. The van der Waals surface area contributed by atoms with Gasteiger partial charge in [-0.25, -0.2) is 4.79 Å². The molecule has 0 saturated carbocycles. The second-order valence-corrected chi connectivity index (χ2v) is 3.44. The summed E-state index contributed by atoms with van der Waals surface area (Å²) in [6.07, 6.45) is -4.58. The Hall–Kier alpha value is -2.12. The molecule has 2 amide bonds. The summed E-state index contributed by atoms with van der Waals surface area (Å²) in [5, 5.41) is 8.29. The molecule has 0 bridgehead atoms. The smallest absolute Gasteiger partial charge is 0.351 e. The van der Waals surface area contributed by atoms with Crippen molar-refractivity contribution in [3.63, 3.8) is 0 Å². The quantitative estimate of drug-likeness (QED) is 0.822. The second-order valence-electron chi connectivity index (χ2n) is 3.44. The van der Waals surface area contributed by atoms with Gasteiger partial charge < -0.3 is 11.1 Å². The fraction of sp³-hybridized carbons (Fsp3) is 0.222. The molecule has 0 atom stereocenters. The van der Waals surface area contributed by atoms with Gasteiger partial charge in [-0.2, -0.15) is 13.2 Å². The first-order chi connectivity index (χ1) is 7.85. The molecule has 5 nitrogen and oxygen atoms in total. The Morgan fingerprint density at radius 1 is 1.35 bits per heavy atom. The Bertz CT molecular complexity index is 491. The number of hydrogen-bond donors (Lipinski definition) is 2. The molecule has 90 valence electrons. The van der Waals surface area contributed by atoms with Crippen molar-refractivity contribution in [2.75, 3.05) is 5.32 Å². The fourth-order valence-electron chi connectivity index (χ4n) is 1.40. The molecule has 0 unspecified atom stereocenters. The van der Waals surface area contributed by atoms with Gasteiger partial charge in [0.15, 0.2) is 0 Å². The van der Waals surface area contributed by atoms with E-state index in [0.29, 0.717) is 0 Å². The summed E-state index contributed by atoms with van der Waals surface area (Å²) in [7, 11) is 0. The van der Waals surface area contributed by atoms with Crippen LogP contribution in [0.5, 0.6) is 0 Å². The van der Waals surface area contributed by atoms with Gasteiger partial charge in [0.25, 0.3) is 0 Å². The summed E-state index contributed by atoms with van der Waals surface area (Å²) in [5.41, 5.74) is 2.39. The van der Waals surface area contributed by atoms with E-state index >= 15 is 0 Å². The number of nitrogens with one attached hydrogen (secondary N) is 1. The highest BCUT2D eigenvalue weighted by Crippen LogP contribution is 2.52. The summed E-state index contributed by atoms with van der Waals surface area (Å²) in [6.45, 7) is 0. The lowest BCUT2D eigenvalue weighted by atomic mass is 10.0. The number of nitrogens with two attached hydrogens (primary N) is 1. The predicted molar refractivity (Wildman–Crippen MR) is 52.2 cm³/mol. The molecule has 1 aliphatic rings. The molecule has 0 radical (unpaired) electrons. The highest BCUT2D eigenvalue weighted by molar-refractivity contribution is 5.87. The molecule has 17 heavy (non-hydrogen) atoms. The first-order valence-electron chi connectivity index (χ1n) is 4.53. The molecule has 1 aromatic carbocycles. The van der Waals surface area contributed by atoms with Crippen molar-refractivity contribution in [2.45, 2.75) is 11.8 Å². The van der Waals surface area contributed by atoms with Crippen molar-refractivity contribution >= 4 is 11.7 Å². The maximum Gasteiger partial charge on any atom is 0.442 e. The standard InChI is InChI=1S/C9H7F3N4O/c10-9(11,12)8(15-16-8)5-2-1-3-6(4-5)14-7(13)17/h1-4H,(H3,13,14,17). The number of amides is 2. The third-order valence-electron chi connectivity index (χ3n) is 2.23. The third-order valence-corrected chi connectivity index (χ3v) is 2.23. The van der Waals surface area contributed by atoms with Crippen LogP contribution in [0, 0.1) is 0 Å². The topological polar surface area (TPSA) is 79.8 Å². The first-order valence-corrected chi connectivity index (χ1v) is 4.53. The fourth-order valence-corrected chi connectivity index (χ4v) is 1.40. The summed E-state index contributed by atoms with van der Waals surface area (Å²) < 4.78 is 38.0. The van der Waals surface area contributed by atoms with E-state index < -0.39 is 17.9 Å². The zero-order valence-electron chi connectivity index (χ0n) is 8.32. The van der Waals surface area contributed by atoms with E-state index in [-0.39, 0.29) is 11.3 Å². The molecular formula is C9H7F3N4O. The zero-order chi connectivity index (χ0) is 12.7. The van der Waals surface area contributed by atoms with Crippen molar-refractivity contribution < 1.29 is 18.0 Å². The van der Waals surface area contributed by atoms with Gasteiger partial charge in [-0.15, -0.1) is 10.2 Å². The number of benzene rings is 1. The zero-order valence-corrected chi connectivity index (χ0v) is 8.32. The number of carbonyl (C=O) groups is 1. The van der Waals surface area contributed by atoms with Crippen LogP contribution in [0.2, 0.25) is 0 Å². The van der Waals surface area contributed by atoms with Crippen LogP contribution >= 0.6 is 0 Å². The summed E-state index contributed by atoms with van der Waals surface area (Å²) >= 11 is 0. The number of urea groups is 1. The van der Waals surface area contributed by atoms with Gasteiger partial charge in [0, 0.05) is 11.3 Å². The Balaban J connectivity index is 2.31. The summed E-state index contributed by atoms with van der Waals surface area (Å²) in [6, 6.07) is 4.30. The molecule has 1 aliphatic heterocycles. The Morgan fingerprint density at radius 2 is 2.00 bits per heavy atom. The van der Waals surface area contributed by atoms with Crippen LogP contribution in [0.25, 0.3) is 0 Å². The second kappa shape index (κ2) is 3.44. The highest BCUT2D eigenvalue weighted by Gasteiger charge is 2.65. The van der Waals surface area contributed by atoms with E-state index in [4.69, 9.17) is 5.73 Å². The number of rotatable bonds is 2. The van der Waals surface area contributed by atoms with Crippen molar-refractivity contribution in [1.29, 1.82) is 0 Å². The van der Waals surface area contributed by atoms with Crippen LogP contribution in [-0.4, -0.2) is 12.2 Å². The molecule has 0 spiro atoms. The average Bonchev–Trinajstić information content (AvgIpc) is 2.96. The lowest BCUT2D eigenvalue weighted by Gasteiger charge is -2.15. The van der Waals surface area contributed by atoms with Gasteiger partial charge >= 0.3 is 17.9 Å². The predicted octanol–water partition coefficient (Wildman–Crippen LogP) is 2.36. The SMILES string of the molecule is NC(=O)Nc1cccc(C2(C(F)(F)F)N=N2)c1. The number of hydrogen-bond acceptors (Lipinski definition) is 3. The van der Waals surface area contributed by atoms with E-state index in [1.165, 1.54) is 18.2 Å². The van der Waals surface area contributed by atoms with Gasteiger partial charge in [-0.3, -0.25) is 0 Å². The molecule has 2 rings (SSSR count). The summed E-state index contributed by atoms with van der Waals surface area (Å²) in [4.78, 5) is 10.6. The largest absolute Gasteiger partial charge is 0.442 e. The lowest BCUT2D eigenvalue weighted by molar-refractivity contribution is -0.166. The molecule has 0 aliphatic carbocycles. The number of anilines is 1. The maximum absolute atomic E-state index is 12.7. The van der Waals surface area contributed by atoms with Crippen LogP contribution in [0.15, 0.2) is 34.5 Å². The maximum atomic E-state index is 12.7. The minimum absolute atomic E-state index is 0.156. The lowest BCUT2D eigenvalue weighted by Crippen LogP contribution is -2.30. The summed E-state index contributed by atoms with van der Waals surface area (Å²) in [5.74, 6) is 0. The molecular weight excluding hydrogens is 237 g/mol. The molecule has 0 fully saturated rings. The number of alkyl halides is 3. The van der Waals surface area contributed by atoms with Gasteiger partial charge in [0.1, 0.15) is 0 Å². The first kappa shape index (κ1) is 11.4. The van der Waals surface area contributed by atoms with Crippen molar-refractivity contribution in [3.05, 3.63) is 29.8 Å². The van der Waals surface area contributed by atoms with Crippen LogP contribution < -0.4 is 11.1 Å². The van der Waals surface area contributed by atoms with E-state index in [1.807, 2.05) is 0 Å². The molecule has 0 aromatic heterocycles. The average molecular weight is 244 g/mol. The monoisotopic (exact) mass is 244 g/mol. The highest BCUT2D eigenvalue weighted by atomic mass is 19.4. The van der Waals surface area contributed by atoms with Crippen molar-refractivity contribution in [1.82, 2.24) is 0 Å². The van der Waals surface area contributed by atoms with Gasteiger partial charge in [0.2, 0.25) is 0 Å². The minimum atomic E-state index is -4.58.